The molecule has 1 heterocycles. The Hall–Kier alpha value is -2.80. The van der Waals surface area contributed by atoms with Gasteiger partial charge in [0.25, 0.3) is 5.91 Å². The van der Waals surface area contributed by atoms with Gasteiger partial charge in [-0.25, -0.2) is 4.79 Å². The number of amides is 3. The number of benzene rings is 2. The minimum absolute atomic E-state index is 0.0238. The quantitative estimate of drug-likeness (QED) is 0.589. The summed E-state index contributed by atoms with van der Waals surface area (Å²) in [4.78, 5) is 26.0. The number of carbonyl (C=O) groups is 2. The number of carbonyl (C=O) groups excluding carboxylic acids is 2. The number of aromatic hydroxyl groups is 1. The second kappa shape index (κ2) is 7.21. The van der Waals surface area contributed by atoms with Gasteiger partial charge in [0.2, 0.25) is 0 Å². The fourth-order valence-electron chi connectivity index (χ4n) is 2.58. The molecule has 1 aliphatic rings. The number of phenolic OH excluding ortho intramolecular Hbond substituents is 1. The van der Waals surface area contributed by atoms with Crippen LogP contribution in [-0.2, 0) is 11.3 Å². The van der Waals surface area contributed by atoms with E-state index in [9.17, 15) is 14.7 Å². The van der Waals surface area contributed by atoms with Crippen molar-refractivity contribution in [3.8, 4) is 11.5 Å². The lowest BCUT2D eigenvalue weighted by Gasteiger charge is -2.12. The summed E-state index contributed by atoms with van der Waals surface area (Å²) in [5.41, 5.74) is 2.74. The van der Waals surface area contributed by atoms with Crippen molar-refractivity contribution in [1.29, 1.82) is 0 Å². The Bertz CT molecular complexity index is 907. The first-order chi connectivity index (χ1) is 12.4. The van der Waals surface area contributed by atoms with Crippen molar-refractivity contribution >= 4 is 33.9 Å². The van der Waals surface area contributed by atoms with Gasteiger partial charge in [-0.15, -0.1) is 0 Å². The maximum Gasteiger partial charge on any atom is 0.329 e. The summed E-state index contributed by atoms with van der Waals surface area (Å²) in [6.07, 6.45) is 1.54. The molecule has 0 atom stereocenters. The molecule has 6 nitrogen and oxygen atoms in total. The van der Waals surface area contributed by atoms with Crippen LogP contribution < -0.4 is 10.1 Å². The van der Waals surface area contributed by atoms with E-state index in [0.717, 1.165) is 16.0 Å². The van der Waals surface area contributed by atoms with Gasteiger partial charge >= 0.3 is 6.03 Å². The van der Waals surface area contributed by atoms with Gasteiger partial charge in [-0.1, -0.05) is 45.8 Å². The first-order valence-electron chi connectivity index (χ1n) is 7.85. The maximum absolute atomic E-state index is 12.6. The molecule has 7 heteroatoms. The molecule has 3 rings (SSSR count). The fraction of sp³-hybridized carbons (Fsp3) is 0.158. The van der Waals surface area contributed by atoms with E-state index >= 15 is 0 Å². The molecule has 0 unspecified atom stereocenters. The van der Waals surface area contributed by atoms with Gasteiger partial charge in [-0.2, -0.15) is 0 Å². The van der Waals surface area contributed by atoms with Gasteiger partial charge in [0.1, 0.15) is 5.70 Å². The van der Waals surface area contributed by atoms with Crippen molar-refractivity contribution < 1.29 is 19.4 Å². The molecule has 2 aromatic carbocycles. The molecular weight excluding hydrogens is 400 g/mol. The van der Waals surface area contributed by atoms with Crippen LogP contribution in [0.1, 0.15) is 16.7 Å². The summed E-state index contributed by atoms with van der Waals surface area (Å²) in [6, 6.07) is 10.2. The number of imide groups is 1. The fourth-order valence-corrected chi connectivity index (χ4v) is 3.03. The lowest BCUT2D eigenvalue weighted by molar-refractivity contribution is -0.123. The van der Waals surface area contributed by atoms with Gasteiger partial charge in [0, 0.05) is 4.47 Å². The Morgan fingerprint density at radius 3 is 2.58 bits per heavy atom. The van der Waals surface area contributed by atoms with Crippen LogP contribution in [0.25, 0.3) is 6.08 Å². The minimum atomic E-state index is -0.469. The number of rotatable bonds is 4. The monoisotopic (exact) mass is 416 g/mol. The van der Waals surface area contributed by atoms with E-state index in [4.69, 9.17) is 4.74 Å². The molecule has 2 N–H and O–H groups in total. The maximum atomic E-state index is 12.6. The topological polar surface area (TPSA) is 78.9 Å². The Labute approximate surface area is 159 Å². The van der Waals surface area contributed by atoms with Crippen LogP contribution in [0.15, 0.2) is 46.6 Å². The molecule has 1 saturated heterocycles. The number of phenols is 1. The van der Waals surface area contributed by atoms with E-state index in [0.29, 0.717) is 10.0 Å². The van der Waals surface area contributed by atoms with Crippen LogP contribution >= 0.6 is 15.9 Å². The molecule has 0 aromatic heterocycles. The molecule has 0 bridgehead atoms. The van der Waals surface area contributed by atoms with Crippen molar-refractivity contribution in [2.45, 2.75) is 13.5 Å². The highest BCUT2D eigenvalue weighted by molar-refractivity contribution is 9.10. The standard InChI is InChI=1S/C19H17BrN2O4/c1-11-3-5-12(6-4-11)10-22-18(24)15(21-19(22)25)7-13-8-17(26-2)16(23)9-14(13)20/h3-9,23H,10H2,1-2H3,(H,21,25)/b15-7+. The van der Waals surface area contributed by atoms with Gasteiger partial charge < -0.3 is 15.2 Å². The number of methoxy groups -OCH3 is 1. The first kappa shape index (κ1) is 18.0. The van der Waals surface area contributed by atoms with Gasteiger partial charge in [-0.3, -0.25) is 9.69 Å². The summed E-state index contributed by atoms with van der Waals surface area (Å²) >= 11 is 3.33. The average molecular weight is 417 g/mol. The van der Waals surface area contributed by atoms with Crippen molar-refractivity contribution in [1.82, 2.24) is 10.2 Å². The van der Waals surface area contributed by atoms with Crippen LogP contribution in [0.4, 0.5) is 4.79 Å². The van der Waals surface area contributed by atoms with Crippen molar-refractivity contribution in [3.63, 3.8) is 0 Å². The lowest BCUT2D eigenvalue weighted by atomic mass is 10.1. The van der Waals surface area contributed by atoms with E-state index in [2.05, 4.69) is 21.2 Å². The highest BCUT2D eigenvalue weighted by Gasteiger charge is 2.33. The van der Waals surface area contributed by atoms with Gasteiger partial charge in [0.15, 0.2) is 11.5 Å². The van der Waals surface area contributed by atoms with Crippen molar-refractivity contribution in [2.24, 2.45) is 0 Å². The van der Waals surface area contributed by atoms with Crippen LogP contribution in [0.5, 0.6) is 11.5 Å². The molecule has 0 saturated carbocycles. The number of halogens is 1. The predicted octanol–water partition coefficient (Wildman–Crippen LogP) is 3.56. The number of nitrogens with one attached hydrogen (secondary N) is 1. The number of hydrogen-bond acceptors (Lipinski definition) is 4. The average Bonchev–Trinajstić information content (AvgIpc) is 2.86. The van der Waals surface area contributed by atoms with E-state index in [1.807, 2.05) is 31.2 Å². The Kier molecular flexibility index (Phi) is 4.99. The predicted molar refractivity (Wildman–Crippen MR) is 101 cm³/mol. The Balaban J connectivity index is 1.86. The zero-order valence-electron chi connectivity index (χ0n) is 14.2. The molecule has 2 aromatic rings. The molecular formula is C19H17BrN2O4. The lowest BCUT2D eigenvalue weighted by Crippen LogP contribution is -2.30. The second-order valence-electron chi connectivity index (χ2n) is 5.91. The van der Waals surface area contributed by atoms with E-state index in [-0.39, 0.29) is 23.7 Å². The third kappa shape index (κ3) is 3.57. The zero-order valence-corrected chi connectivity index (χ0v) is 15.8. The Morgan fingerprint density at radius 2 is 1.92 bits per heavy atom. The molecule has 1 aliphatic heterocycles. The van der Waals surface area contributed by atoms with Crippen molar-refractivity contribution in [2.75, 3.05) is 7.11 Å². The number of urea groups is 1. The molecule has 0 radical (unpaired) electrons. The van der Waals surface area contributed by atoms with Crippen LogP contribution in [0.3, 0.4) is 0 Å². The summed E-state index contributed by atoms with van der Waals surface area (Å²) < 4.78 is 5.65. The SMILES string of the molecule is COc1cc(/C=C2/NC(=O)N(Cc3ccc(C)cc3)C2=O)c(Br)cc1O. The second-order valence-corrected chi connectivity index (χ2v) is 6.76. The third-order valence-electron chi connectivity index (χ3n) is 4.02. The normalized spacial score (nSPS) is 15.5. The van der Waals surface area contributed by atoms with Crippen LogP contribution in [0.2, 0.25) is 0 Å². The van der Waals surface area contributed by atoms with Crippen molar-refractivity contribution in [3.05, 3.63) is 63.3 Å². The third-order valence-corrected chi connectivity index (χ3v) is 4.71. The summed E-state index contributed by atoms with van der Waals surface area (Å²) in [5, 5.41) is 12.4. The Morgan fingerprint density at radius 1 is 1.23 bits per heavy atom. The smallest absolute Gasteiger partial charge is 0.329 e. The number of ether oxygens (including phenoxy) is 1. The molecule has 134 valence electrons. The molecule has 26 heavy (non-hydrogen) atoms. The molecule has 0 spiro atoms. The minimum Gasteiger partial charge on any atom is -0.504 e. The van der Waals surface area contributed by atoms with Gasteiger partial charge in [0.05, 0.1) is 13.7 Å². The zero-order chi connectivity index (χ0) is 18.8. The number of hydrogen-bond donors (Lipinski definition) is 2. The molecule has 1 fully saturated rings. The van der Waals surface area contributed by atoms with E-state index in [1.165, 1.54) is 13.2 Å². The number of aryl methyl sites for hydroxylation is 1. The van der Waals surface area contributed by atoms with E-state index < -0.39 is 11.9 Å². The summed E-state index contributed by atoms with van der Waals surface area (Å²) in [6.45, 7) is 2.17. The van der Waals surface area contributed by atoms with E-state index in [1.54, 1.807) is 12.1 Å². The number of nitrogens with zero attached hydrogens (tertiary/aromatic N) is 1. The first-order valence-corrected chi connectivity index (χ1v) is 8.65. The highest BCUT2D eigenvalue weighted by Crippen LogP contribution is 2.33. The highest BCUT2D eigenvalue weighted by atomic mass is 79.9. The molecule has 3 amide bonds. The van der Waals surface area contributed by atoms with Crippen LogP contribution in [-0.4, -0.2) is 29.1 Å². The molecule has 0 aliphatic carbocycles. The summed E-state index contributed by atoms with van der Waals surface area (Å²) in [7, 11) is 1.44. The van der Waals surface area contributed by atoms with Gasteiger partial charge in [-0.05, 0) is 36.3 Å². The summed E-state index contributed by atoms with van der Waals surface area (Å²) in [5.74, 6) is -0.160. The largest absolute Gasteiger partial charge is 0.504 e. The van der Waals surface area contributed by atoms with Crippen LogP contribution in [0, 0.1) is 6.92 Å².